The van der Waals surface area contributed by atoms with Crippen molar-refractivity contribution in [1.29, 1.82) is 5.26 Å². The highest BCUT2D eigenvalue weighted by molar-refractivity contribution is 5.87. The van der Waals surface area contributed by atoms with Gasteiger partial charge in [0.05, 0.1) is 24.4 Å². The average molecular weight is 519 g/mol. The standard InChI is InChI=1S/C30H28N8O/c1-35-8-7-22(16-35)23-9-27(30-24(11-31)14-34-38(30)17-23)21-4-5-28(32-13-21)36-18-25-10-26(19-36)37(25)15-20-3-6-29(39-2)33-12-20/h3-9,12-14,16-17,25-26H,10,15,18-19H2,1-2H3/i15D2. The minimum absolute atomic E-state index is 0.0829. The zero-order chi connectivity index (χ0) is 28.3. The third-order valence-corrected chi connectivity index (χ3v) is 7.68. The van der Waals surface area contributed by atoms with Gasteiger partial charge in [0.15, 0.2) is 0 Å². The Balaban J connectivity index is 1.14. The fraction of sp³-hybridized carbons (Fsp3) is 0.267. The molecule has 5 aromatic heterocycles. The van der Waals surface area contributed by atoms with E-state index in [-0.39, 0.29) is 12.1 Å². The molecule has 9 nitrogen and oxygen atoms in total. The average Bonchev–Trinajstić information content (AvgIpc) is 3.62. The molecule has 2 atom stereocenters. The molecule has 3 aliphatic rings. The highest BCUT2D eigenvalue weighted by Crippen LogP contribution is 2.37. The van der Waals surface area contributed by atoms with Crippen molar-refractivity contribution in [3.8, 4) is 34.2 Å². The van der Waals surface area contributed by atoms with E-state index < -0.39 is 6.50 Å². The van der Waals surface area contributed by atoms with Gasteiger partial charge >= 0.3 is 0 Å². The second-order valence-corrected chi connectivity index (χ2v) is 10.1. The Labute approximate surface area is 229 Å². The lowest BCUT2D eigenvalue weighted by Gasteiger charge is -2.56. The lowest BCUT2D eigenvalue weighted by molar-refractivity contribution is -0.00876. The number of aromatic nitrogens is 5. The van der Waals surface area contributed by atoms with Gasteiger partial charge in [-0.3, -0.25) is 4.90 Å². The number of nitrogens with zero attached hydrogens (tertiary/aromatic N) is 8. The molecule has 3 aliphatic heterocycles. The van der Waals surface area contributed by atoms with Gasteiger partial charge in [-0.25, -0.2) is 14.5 Å². The van der Waals surface area contributed by atoms with Crippen molar-refractivity contribution >= 4 is 11.3 Å². The van der Waals surface area contributed by atoms with Crippen LogP contribution in [0.4, 0.5) is 5.82 Å². The first-order valence-electron chi connectivity index (χ1n) is 13.9. The molecule has 3 fully saturated rings. The highest BCUT2D eigenvalue weighted by Gasteiger charge is 2.44. The van der Waals surface area contributed by atoms with Crippen molar-refractivity contribution in [1.82, 2.24) is 29.0 Å². The molecule has 194 valence electrons. The predicted molar refractivity (Wildman–Crippen MR) is 148 cm³/mol. The van der Waals surface area contributed by atoms with E-state index >= 15 is 0 Å². The van der Waals surface area contributed by atoms with Crippen molar-refractivity contribution in [3.05, 3.63) is 84.7 Å². The van der Waals surface area contributed by atoms with Crippen LogP contribution in [0, 0.1) is 11.3 Å². The quantitative estimate of drug-likeness (QED) is 0.334. The number of hydrogen-bond donors (Lipinski definition) is 0. The van der Waals surface area contributed by atoms with E-state index in [1.54, 1.807) is 36.2 Å². The van der Waals surface area contributed by atoms with E-state index in [0.717, 1.165) is 40.0 Å². The molecule has 0 radical (unpaired) electrons. The number of pyridine rings is 3. The smallest absolute Gasteiger partial charge is 0.212 e. The minimum Gasteiger partial charge on any atom is -0.481 e. The Hall–Kier alpha value is -4.68. The van der Waals surface area contributed by atoms with Gasteiger partial charge in [0.25, 0.3) is 0 Å². The maximum Gasteiger partial charge on any atom is 0.212 e. The normalized spacial score (nSPS) is 19.8. The van der Waals surface area contributed by atoms with E-state index in [0.29, 0.717) is 30.1 Å². The lowest BCUT2D eigenvalue weighted by atomic mass is 9.87. The molecule has 39 heavy (non-hydrogen) atoms. The van der Waals surface area contributed by atoms with Crippen LogP contribution in [0.15, 0.2) is 73.6 Å². The first-order valence-corrected chi connectivity index (χ1v) is 12.9. The van der Waals surface area contributed by atoms with Crippen LogP contribution in [0.5, 0.6) is 5.88 Å². The zero-order valence-electron chi connectivity index (χ0n) is 23.7. The number of ether oxygens (including phenoxy) is 1. The molecule has 0 amide bonds. The topological polar surface area (TPSA) is 87.5 Å². The number of piperazine rings is 1. The molecule has 0 aliphatic carbocycles. The molecule has 8 heterocycles. The van der Waals surface area contributed by atoms with Crippen molar-refractivity contribution < 1.29 is 7.48 Å². The molecule has 9 heteroatoms. The summed E-state index contributed by atoms with van der Waals surface area (Å²) in [6.07, 6.45) is 12.0. The summed E-state index contributed by atoms with van der Waals surface area (Å²) in [5, 5.41) is 14.2. The van der Waals surface area contributed by atoms with Crippen LogP contribution in [0.3, 0.4) is 0 Å². The van der Waals surface area contributed by atoms with Gasteiger partial charge in [-0.2, -0.15) is 10.4 Å². The van der Waals surface area contributed by atoms with Crippen LogP contribution < -0.4 is 9.64 Å². The first kappa shape index (κ1) is 21.3. The van der Waals surface area contributed by atoms with Crippen LogP contribution in [0.25, 0.3) is 27.8 Å². The molecule has 8 rings (SSSR count). The van der Waals surface area contributed by atoms with Gasteiger partial charge < -0.3 is 14.2 Å². The Morgan fingerprint density at radius 1 is 1.03 bits per heavy atom. The molecule has 3 saturated heterocycles. The summed E-state index contributed by atoms with van der Waals surface area (Å²) >= 11 is 0. The van der Waals surface area contributed by atoms with Crippen LogP contribution in [-0.2, 0) is 13.5 Å². The van der Waals surface area contributed by atoms with Crippen LogP contribution in [0.2, 0.25) is 0 Å². The minimum atomic E-state index is -1.62. The molecule has 0 saturated carbocycles. The number of nitriles is 1. The zero-order valence-corrected chi connectivity index (χ0v) is 21.7. The number of piperidine rings is 1. The summed E-state index contributed by atoms with van der Waals surface area (Å²) in [7, 11) is 3.54. The van der Waals surface area contributed by atoms with Gasteiger partial charge in [0.1, 0.15) is 11.9 Å². The molecule has 2 bridgehead atoms. The number of fused-ring (bicyclic) bond motifs is 3. The summed E-state index contributed by atoms with van der Waals surface area (Å²) in [6.45, 7) is -0.225. The van der Waals surface area contributed by atoms with E-state index in [1.165, 1.54) is 0 Å². The number of rotatable bonds is 6. The fourth-order valence-corrected chi connectivity index (χ4v) is 5.68. The molecule has 5 aromatic rings. The number of anilines is 1. The summed E-state index contributed by atoms with van der Waals surface area (Å²) in [5.41, 5.74) is 5.67. The Bertz CT molecular complexity index is 1780. The van der Waals surface area contributed by atoms with Crippen molar-refractivity contribution in [2.24, 2.45) is 7.05 Å². The maximum atomic E-state index is 9.73. The van der Waals surface area contributed by atoms with Crippen molar-refractivity contribution in [3.63, 3.8) is 0 Å². The van der Waals surface area contributed by atoms with Crippen LogP contribution in [-0.4, -0.2) is 61.3 Å². The summed E-state index contributed by atoms with van der Waals surface area (Å²) in [5.74, 6) is 1.33. The van der Waals surface area contributed by atoms with Gasteiger partial charge in [-0.15, -0.1) is 0 Å². The fourth-order valence-electron chi connectivity index (χ4n) is 5.68. The number of methoxy groups -OCH3 is 1. The van der Waals surface area contributed by atoms with Gasteiger partial charge in [-0.1, -0.05) is 6.07 Å². The van der Waals surface area contributed by atoms with Crippen LogP contribution >= 0.6 is 0 Å². The molecular formula is C30H28N8O. The van der Waals surface area contributed by atoms with Gasteiger partial charge in [0.2, 0.25) is 5.88 Å². The van der Waals surface area contributed by atoms with E-state index in [9.17, 15) is 5.26 Å². The third kappa shape index (κ3) is 4.10. The second-order valence-electron chi connectivity index (χ2n) is 10.1. The summed E-state index contributed by atoms with van der Waals surface area (Å²) in [6, 6.07) is 14.1. The predicted octanol–water partition coefficient (Wildman–Crippen LogP) is 4.14. The molecule has 0 spiro atoms. The van der Waals surface area contributed by atoms with E-state index in [2.05, 4.69) is 39.4 Å². The number of aryl methyl sites for hydroxylation is 1. The van der Waals surface area contributed by atoms with Gasteiger partial charge in [0, 0.05) is 101 Å². The number of hydrogen-bond acceptors (Lipinski definition) is 7. The van der Waals surface area contributed by atoms with Crippen molar-refractivity contribution in [2.75, 3.05) is 25.1 Å². The lowest BCUT2D eigenvalue weighted by Crippen LogP contribution is -2.68. The van der Waals surface area contributed by atoms with E-state index in [4.69, 9.17) is 12.5 Å². The Morgan fingerprint density at radius 2 is 1.90 bits per heavy atom. The molecule has 0 N–H and O–H groups in total. The Kier molecular flexibility index (Phi) is 5.05. The van der Waals surface area contributed by atoms with Crippen molar-refractivity contribution in [2.45, 2.75) is 25.0 Å². The molecular weight excluding hydrogens is 488 g/mol. The summed E-state index contributed by atoms with van der Waals surface area (Å²) < 4.78 is 26.6. The van der Waals surface area contributed by atoms with E-state index in [1.807, 2.05) is 47.2 Å². The third-order valence-electron chi connectivity index (χ3n) is 7.68. The molecule has 2 unspecified atom stereocenters. The second kappa shape index (κ2) is 9.26. The van der Waals surface area contributed by atoms with Crippen LogP contribution in [0.1, 0.15) is 20.3 Å². The summed E-state index contributed by atoms with van der Waals surface area (Å²) in [4.78, 5) is 13.2. The van der Waals surface area contributed by atoms with Gasteiger partial charge in [-0.05, 0) is 36.2 Å². The molecule has 0 aromatic carbocycles. The highest BCUT2D eigenvalue weighted by atomic mass is 16.5. The first-order chi connectivity index (χ1) is 19.9. The largest absolute Gasteiger partial charge is 0.481 e. The SMILES string of the molecule is [2H]C([2H])(c1ccc(OC)nc1)N1C2CC1CN(c1ccc(-c3cc(-c4ccn(C)c4)cn4ncc(C#N)c34)cn1)C2. The maximum absolute atomic E-state index is 9.73. The Morgan fingerprint density at radius 3 is 2.56 bits per heavy atom. The monoisotopic (exact) mass is 518 g/mol.